The number of hydrogen-bond acceptors (Lipinski definition) is 5. The van der Waals surface area contributed by atoms with E-state index in [9.17, 15) is 9.59 Å². The van der Waals surface area contributed by atoms with E-state index in [0.29, 0.717) is 34.1 Å². The number of methoxy groups -OCH3 is 1. The molecule has 1 unspecified atom stereocenters. The van der Waals surface area contributed by atoms with Gasteiger partial charge >= 0.3 is 0 Å². The Morgan fingerprint density at radius 1 is 1.19 bits per heavy atom. The lowest BCUT2D eigenvalue weighted by Gasteiger charge is -2.37. The fraction of sp³-hybridized carbons (Fsp3) is 0.643. The molecule has 1 aliphatic rings. The van der Waals surface area contributed by atoms with Crippen molar-refractivity contribution in [3.05, 3.63) is 45.5 Å². The molecule has 3 rings (SSSR count). The maximum Gasteiger partial charge on any atom is 0.257 e. The van der Waals surface area contributed by atoms with E-state index in [-0.39, 0.29) is 35.1 Å². The number of rotatable bonds is 9. The molecule has 0 aliphatic heterocycles. The summed E-state index contributed by atoms with van der Waals surface area (Å²) in [5, 5.41) is 5.46. The highest BCUT2D eigenvalue weighted by molar-refractivity contribution is 6.35. The number of halogens is 2. The van der Waals surface area contributed by atoms with Gasteiger partial charge in [0.1, 0.15) is 11.9 Å². The van der Waals surface area contributed by atoms with Gasteiger partial charge in [-0.05, 0) is 50.4 Å². The Morgan fingerprint density at radius 3 is 2.30 bits per heavy atom. The van der Waals surface area contributed by atoms with Crippen molar-refractivity contribution < 1.29 is 14.3 Å². The Balaban J connectivity index is 1.84. The molecule has 1 amide bonds. The van der Waals surface area contributed by atoms with Gasteiger partial charge in [0.15, 0.2) is 0 Å². The Bertz CT molecular complexity index is 1100. The third-order valence-corrected chi connectivity index (χ3v) is 7.90. The molecular weight excluding hydrogens is 511 g/mol. The summed E-state index contributed by atoms with van der Waals surface area (Å²) >= 11 is 12.8. The van der Waals surface area contributed by atoms with Gasteiger partial charge in [0.05, 0.1) is 34.4 Å². The Morgan fingerprint density at radius 2 is 1.78 bits per heavy atom. The van der Waals surface area contributed by atoms with E-state index in [1.54, 1.807) is 25.1 Å². The van der Waals surface area contributed by atoms with Crippen molar-refractivity contribution in [2.24, 2.45) is 10.8 Å². The number of nitrogens with zero attached hydrogens (tertiary/aromatic N) is 4. The maximum absolute atomic E-state index is 13.9. The number of carbonyl (C=O) groups excluding carboxylic acids is 2. The van der Waals surface area contributed by atoms with Gasteiger partial charge in [-0.3, -0.25) is 14.5 Å². The Labute approximate surface area is 230 Å². The van der Waals surface area contributed by atoms with Crippen LogP contribution in [-0.2, 0) is 9.53 Å². The molecule has 0 saturated heterocycles. The second-order valence-corrected chi connectivity index (χ2v) is 12.8. The molecule has 0 aromatic carbocycles. The number of ether oxygens (including phenoxy) is 1. The standard InChI is InChI=1S/C28H40Cl2N4O3/c1-18(35)12-28(6)10-8-20(9-11-28)34-19(2)21(13-32-34)26(36)33(17-27(3,4)5)16-24(37-7)25-22(29)14-31-15-23(25)30/h13-15,20,24H,8-12,16-17H2,1-7H3/t20-,24?,28-. The lowest BCUT2D eigenvalue weighted by Crippen LogP contribution is -2.41. The van der Waals surface area contributed by atoms with E-state index in [4.69, 9.17) is 27.9 Å². The summed E-state index contributed by atoms with van der Waals surface area (Å²) in [4.78, 5) is 31.5. The summed E-state index contributed by atoms with van der Waals surface area (Å²) in [7, 11) is 1.59. The van der Waals surface area contributed by atoms with Crippen LogP contribution in [-0.4, -0.2) is 51.6 Å². The van der Waals surface area contributed by atoms with Gasteiger partial charge in [-0.2, -0.15) is 5.10 Å². The van der Waals surface area contributed by atoms with Crippen LogP contribution in [0.15, 0.2) is 18.6 Å². The SMILES string of the molecule is COC(CN(CC(C)(C)C)C(=O)c1cnn([C@H]2CC[C@](C)(CC(C)=O)CC2)c1C)c1c(Cl)cncc1Cl. The lowest BCUT2D eigenvalue weighted by atomic mass is 9.71. The Kier molecular flexibility index (Phi) is 9.46. The average Bonchev–Trinajstić information content (AvgIpc) is 3.17. The van der Waals surface area contributed by atoms with Crippen molar-refractivity contribution in [1.82, 2.24) is 19.7 Å². The van der Waals surface area contributed by atoms with Gasteiger partial charge in [0.25, 0.3) is 5.91 Å². The molecule has 1 atom stereocenters. The van der Waals surface area contributed by atoms with E-state index < -0.39 is 6.10 Å². The number of carbonyl (C=O) groups is 2. The van der Waals surface area contributed by atoms with Crippen LogP contribution >= 0.6 is 23.2 Å². The minimum absolute atomic E-state index is 0.0518. The van der Waals surface area contributed by atoms with Gasteiger partial charge < -0.3 is 14.4 Å². The molecule has 2 aromatic heterocycles. The molecule has 1 aliphatic carbocycles. The van der Waals surface area contributed by atoms with E-state index in [2.05, 4.69) is 37.8 Å². The van der Waals surface area contributed by atoms with Crippen LogP contribution in [0.3, 0.4) is 0 Å². The van der Waals surface area contributed by atoms with Crippen LogP contribution in [0.25, 0.3) is 0 Å². The number of hydrogen-bond donors (Lipinski definition) is 0. The third-order valence-electron chi connectivity index (χ3n) is 7.29. The zero-order valence-corrected chi connectivity index (χ0v) is 24.6. The van der Waals surface area contributed by atoms with Crippen LogP contribution in [0.1, 0.15) is 100 Å². The lowest BCUT2D eigenvalue weighted by molar-refractivity contribution is -0.119. The minimum atomic E-state index is -0.512. The highest BCUT2D eigenvalue weighted by Crippen LogP contribution is 2.43. The molecular formula is C28H40Cl2N4O3. The van der Waals surface area contributed by atoms with Gasteiger partial charge in [-0.25, -0.2) is 0 Å². The number of Topliss-reactive ketones (excluding diaryl/α,β-unsaturated/α-hetero) is 1. The summed E-state index contributed by atoms with van der Waals surface area (Å²) in [5.74, 6) is 0.144. The maximum atomic E-state index is 13.9. The quantitative estimate of drug-likeness (QED) is 0.340. The topological polar surface area (TPSA) is 77.3 Å². The normalized spacial score (nSPS) is 21.1. The van der Waals surface area contributed by atoms with E-state index in [1.807, 2.05) is 11.6 Å². The highest BCUT2D eigenvalue weighted by Gasteiger charge is 2.35. The summed E-state index contributed by atoms with van der Waals surface area (Å²) in [6.45, 7) is 12.9. The van der Waals surface area contributed by atoms with Crippen LogP contribution in [0.4, 0.5) is 0 Å². The van der Waals surface area contributed by atoms with Gasteiger partial charge in [-0.15, -0.1) is 0 Å². The fourth-order valence-corrected chi connectivity index (χ4v) is 6.11. The predicted molar refractivity (Wildman–Crippen MR) is 147 cm³/mol. The minimum Gasteiger partial charge on any atom is -0.375 e. The highest BCUT2D eigenvalue weighted by atomic mass is 35.5. The molecule has 0 bridgehead atoms. The molecule has 0 spiro atoms. The molecule has 0 radical (unpaired) electrons. The van der Waals surface area contributed by atoms with Crippen molar-refractivity contribution in [3.8, 4) is 0 Å². The first-order chi connectivity index (χ1) is 17.2. The second kappa shape index (κ2) is 11.8. The van der Waals surface area contributed by atoms with Gasteiger partial charge in [0, 0.05) is 43.7 Å². The second-order valence-electron chi connectivity index (χ2n) is 12.0. The number of aromatic nitrogens is 3. The predicted octanol–water partition coefficient (Wildman–Crippen LogP) is 6.87. The van der Waals surface area contributed by atoms with Crippen LogP contribution < -0.4 is 0 Å². The van der Waals surface area contributed by atoms with Gasteiger partial charge in [-0.1, -0.05) is 50.9 Å². The van der Waals surface area contributed by atoms with Crippen molar-refractivity contribution in [2.45, 2.75) is 85.8 Å². The number of pyridine rings is 1. The summed E-state index contributed by atoms with van der Waals surface area (Å²) in [6, 6.07) is 0.221. The molecule has 0 N–H and O–H groups in total. The molecule has 2 heterocycles. The van der Waals surface area contributed by atoms with Gasteiger partial charge in [0.2, 0.25) is 0 Å². The van der Waals surface area contributed by atoms with Crippen LogP contribution in [0, 0.1) is 17.8 Å². The molecule has 7 nitrogen and oxygen atoms in total. The first kappa shape index (κ1) is 29.6. The van der Waals surface area contributed by atoms with Crippen LogP contribution in [0.2, 0.25) is 10.0 Å². The summed E-state index contributed by atoms with van der Waals surface area (Å²) in [6.07, 6.45) is 8.68. The van der Waals surface area contributed by atoms with Crippen molar-refractivity contribution in [1.29, 1.82) is 0 Å². The van der Waals surface area contributed by atoms with E-state index in [1.165, 1.54) is 12.4 Å². The van der Waals surface area contributed by atoms with Crippen molar-refractivity contribution >= 4 is 34.9 Å². The summed E-state index contributed by atoms with van der Waals surface area (Å²) < 4.78 is 7.77. The Hall–Kier alpha value is -1.96. The number of amides is 1. The fourth-order valence-electron chi connectivity index (χ4n) is 5.50. The van der Waals surface area contributed by atoms with E-state index in [0.717, 1.165) is 31.4 Å². The largest absolute Gasteiger partial charge is 0.375 e. The monoisotopic (exact) mass is 550 g/mol. The van der Waals surface area contributed by atoms with Crippen molar-refractivity contribution in [2.75, 3.05) is 20.2 Å². The first-order valence-electron chi connectivity index (χ1n) is 12.9. The first-order valence-corrected chi connectivity index (χ1v) is 13.6. The molecule has 37 heavy (non-hydrogen) atoms. The van der Waals surface area contributed by atoms with Crippen LogP contribution in [0.5, 0.6) is 0 Å². The molecule has 1 fully saturated rings. The van der Waals surface area contributed by atoms with Crippen molar-refractivity contribution in [3.63, 3.8) is 0 Å². The third kappa shape index (κ3) is 7.33. The molecule has 2 aromatic rings. The zero-order chi connectivity index (χ0) is 27.5. The molecule has 1 saturated carbocycles. The van der Waals surface area contributed by atoms with E-state index >= 15 is 0 Å². The molecule has 204 valence electrons. The summed E-state index contributed by atoms with van der Waals surface area (Å²) in [5.41, 5.74) is 1.97. The molecule has 9 heteroatoms. The number of ketones is 1. The smallest absolute Gasteiger partial charge is 0.257 e. The zero-order valence-electron chi connectivity index (χ0n) is 23.1. The average molecular weight is 552 g/mol.